The third-order valence-corrected chi connectivity index (χ3v) is 4.49. The molecule has 0 bridgehead atoms. The zero-order chi connectivity index (χ0) is 12.0. The second kappa shape index (κ2) is 5.00. The maximum atomic E-state index is 10.4. The van der Waals surface area contributed by atoms with Crippen molar-refractivity contribution in [2.45, 2.75) is 43.4 Å². The summed E-state index contributed by atoms with van der Waals surface area (Å²) in [7, 11) is 0. The van der Waals surface area contributed by atoms with Crippen LogP contribution in [0.3, 0.4) is 0 Å². The van der Waals surface area contributed by atoms with Crippen molar-refractivity contribution in [2.75, 3.05) is 0 Å². The highest BCUT2D eigenvalue weighted by atomic mass is 79.9. The van der Waals surface area contributed by atoms with Crippen LogP contribution < -0.4 is 10.5 Å². The molecule has 5 heteroatoms. The van der Waals surface area contributed by atoms with Gasteiger partial charge in [0.05, 0.1) is 6.04 Å². The van der Waals surface area contributed by atoms with Crippen LogP contribution in [0.4, 0.5) is 0 Å². The summed E-state index contributed by atoms with van der Waals surface area (Å²) >= 11 is 3.41. The van der Waals surface area contributed by atoms with Gasteiger partial charge in [-0.3, -0.25) is 0 Å². The van der Waals surface area contributed by atoms with E-state index in [9.17, 15) is 5.11 Å². The van der Waals surface area contributed by atoms with E-state index in [-0.39, 0.29) is 24.0 Å². The summed E-state index contributed by atoms with van der Waals surface area (Å²) in [5.74, 6) is 0.782. The molecule has 2 aliphatic rings. The Morgan fingerprint density at radius 3 is 2.67 bits per heavy atom. The Labute approximate surface area is 121 Å². The van der Waals surface area contributed by atoms with E-state index >= 15 is 0 Å². The Morgan fingerprint density at radius 2 is 2.00 bits per heavy atom. The average Bonchev–Trinajstić information content (AvgIpc) is 2.77. The van der Waals surface area contributed by atoms with Crippen LogP contribution in [0, 0.1) is 0 Å². The maximum Gasteiger partial charge on any atom is 0.127 e. The minimum absolute atomic E-state index is 0. The highest BCUT2D eigenvalue weighted by Crippen LogP contribution is 2.46. The van der Waals surface area contributed by atoms with E-state index in [4.69, 9.17) is 10.5 Å². The number of nitrogens with two attached hydrogens (primary N) is 1. The lowest BCUT2D eigenvalue weighted by atomic mass is 9.83. The van der Waals surface area contributed by atoms with Gasteiger partial charge < -0.3 is 15.6 Å². The molecule has 1 fully saturated rings. The number of aliphatic hydroxyl groups excluding tert-OH is 1. The lowest BCUT2D eigenvalue weighted by Crippen LogP contribution is -2.56. The topological polar surface area (TPSA) is 55.5 Å². The van der Waals surface area contributed by atoms with Crippen molar-refractivity contribution >= 4 is 28.3 Å². The lowest BCUT2D eigenvalue weighted by molar-refractivity contribution is -0.0316. The Balaban J connectivity index is 0.00000120. The Bertz CT molecular complexity index is 449. The van der Waals surface area contributed by atoms with Crippen molar-refractivity contribution in [1.29, 1.82) is 0 Å². The second-order valence-corrected chi connectivity index (χ2v) is 5.94. The molecule has 1 aromatic rings. The molecule has 0 radical (unpaired) electrons. The molecule has 18 heavy (non-hydrogen) atoms. The number of fused-ring (bicyclic) bond motifs is 1. The molecule has 1 aliphatic heterocycles. The normalized spacial score (nSPS) is 28.4. The van der Waals surface area contributed by atoms with Crippen molar-refractivity contribution in [2.24, 2.45) is 5.73 Å². The fourth-order valence-corrected chi connectivity index (χ4v) is 3.40. The van der Waals surface area contributed by atoms with Crippen LogP contribution in [0.5, 0.6) is 5.75 Å². The second-order valence-electron chi connectivity index (χ2n) is 5.03. The molecule has 2 atom stereocenters. The number of ether oxygens (including phenoxy) is 1. The van der Waals surface area contributed by atoms with Crippen LogP contribution in [-0.2, 0) is 0 Å². The van der Waals surface area contributed by atoms with Gasteiger partial charge in [-0.2, -0.15) is 0 Å². The summed E-state index contributed by atoms with van der Waals surface area (Å²) in [4.78, 5) is 0. The molecule has 1 aliphatic carbocycles. The van der Waals surface area contributed by atoms with Gasteiger partial charge in [0, 0.05) is 10.0 Å². The van der Waals surface area contributed by atoms with Crippen LogP contribution in [0.2, 0.25) is 0 Å². The number of hydrogen-bond donors (Lipinski definition) is 2. The zero-order valence-electron chi connectivity index (χ0n) is 9.93. The molecular weight excluding hydrogens is 318 g/mol. The van der Waals surface area contributed by atoms with E-state index < -0.39 is 6.10 Å². The molecule has 3 nitrogen and oxygen atoms in total. The van der Waals surface area contributed by atoms with Crippen LogP contribution >= 0.6 is 28.3 Å². The van der Waals surface area contributed by atoms with E-state index in [1.807, 2.05) is 18.2 Å². The smallest absolute Gasteiger partial charge is 0.127 e. The summed E-state index contributed by atoms with van der Waals surface area (Å²) in [5, 5.41) is 10.4. The molecule has 3 rings (SSSR count). The Hall–Kier alpha value is -0.290. The molecule has 2 unspecified atom stereocenters. The van der Waals surface area contributed by atoms with Crippen LogP contribution in [-0.4, -0.2) is 16.7 Å². The van der Waals surface area contributed by atoms with E-state index in [0.29, 0.717) is 0 Å². The van der Waals surface area contributed by atoms with Gasteiger partial charge in [0.15, 0.2) is 0 Å². The number of hydrogen-bond acceptors (Lipinski definition) is 3. The quantitative estimate of drug-likeness (QED) is 0.767. The largest absolute Gasteiger partial charge is 0.485 e. The monoisotopic (exact) mass is 333 g/mol. The van der Waals surface area contributed by atoms with Gasteiger partial charge in [-0.05, 0) is 43.9 Å². The van der Waals surface area contributed by atoms with Gasteiger partial charge >= 0.3 is 0 Å². The lowest BCUT2D eigenvalue weighted by Gasteiger charge is -2.43. The predicted molar refractivity (Wildman–Crippen MR) is 76.2 cm³/mol. The summed E-state index contributed by atoms with van der Waals surface area (Å²) in [6, 6.07) is 5.41. The van der Waals surface area contributed by atoms with Crippen LogP contribution in [0.25, 0.3) is 0 Å². The average molecular weight is 335 g/mol. The maximum absolute atomic E-state index is 10.4. The number of rotatable bonds is 0. The first-order valence-corrected chi connectivity index (χ1v) is 6.84. The molecule has 1 saturated carbocycles. The molecule has 100 valence electrons. The highest BCUT2D eigenvalue weighted by molar-refractivity contribution is 9.10. The van der Waals surface area contributed by atoms with Crippen molar-refractivity contribution in [3.8, 4) is 5.75 Å². The summed E-state index contributed by atoms with van der Waals surface area (Å²) in [6.45, 7) is 0. The zero-order valence-corrected chi connectivity index (χ0v) is 12.3. The first-order chi connectivity index (χ1) is 8.12. The van der Waals surface area contributed by atoms with Gasteiger partial charge in [0.1, 0.15) is 17.5 Å². The predicted octanol–water partition coefficient (Wildman–Crippen LogP) is 2.94. The highest BCUT2D eigenvalue weighted by Gasteiger charge is 2.49. The van der Waals surface area contributed by atoms with E-state index in [2.05, 4.69) is 15.9 Å². The molecule has 1 spiro atoms. The fourth-order valence-electron chi connectivity index (χ4n) is 3.02. The molecular formula is C13H17BrClNO2. The molecule has 0 saturated heterocycles. The minimum Gasteiger partial charge on any atom is -0.485 e. The summed E-state index contributed by atoms with van der Waals surface area (Å²) in [6.07, 6.45) is 3.52. The van der Waals surface area contributed by atoms with E-state index in [1.165, 1.54) is 0 Å². The van der Waals surface area contributed by atoms with Gasteiger partial charge in [-0.1, -0.05) is 15.9 Å². The van der Waals surface area contributed by atoms with Crippen molar-refractivity contribution in [1.82, 2.24) is 0 Å². The van der Waals surface area contributed by atoms with Crippen LogP contribution in [0.1, 0.15) is 37.4 Å². The Kier molecular flexibility index (Phi) is 3.93. The Morgan fingerprint density at radius 1 is 1.33 bits per heavy atom. The SMILES string of the molecule is Cl.NC1C(O)c2cc(Br)ccc2OC12CCCC2. The third kappa shape index (κ3) is 2.05. The van der Waals surface area contributed by atoms with Gasteiger partial charge in [0.2, 0.25) is 0 Å². The minimum atomic E-state index is -0.630. The molecule has 0 aromatic heterocycles. The van der Waals surface area contributed by atoms with Crippen molar-refractivity contribution < 1.29 is 9.84 Å². The van der Waals surface area contributed by atoms with E-state index in [1.54, 1.807) is 0 Å². The number of aliphatic hydroxyl groups is 1. The first-order valence-electron chi connectivity index (χ1n) is 6.04. The van der Waals surface area contributed by atoms with Crippen molar-refractivity contribution in [3.05, 3.63) is 28.2 Å². The van der Waals surface area contributed by atoms with Gasteiger partial charge in [0.25, 0.3) is 0 Å². The van der Waals surface area contributed by atoms with Gasteiger partial charge in [-0.25, -0.2) is 0 Å². The van der Waals surface area contributed by atoms with E-state index in [0.717, 1.165) is 41.5 Å². The third-order valence-electron chi connectivity index (χ3n) is 4.00. The number of halogens is 2. The molecule has 1 aromatic carbocycles. The standard InChI is InChI=1S/C13H16BrNO2.ClH/c14-8-3-4-10-9(7-8)11(16)12(15)13(17-10)5-1-2-6-13;/h3-4,7,11-12,16H,1-2,5-6,15H2;1H. The number of benzene rings is 1. The molecule has 3 N–H and O–H groups in total. The fraction of sp³-hybridized carbons (Fsp3) is 0.538. The van der Waals surface area contributed by atoms with Gasteiger partial charge in [-0.15, -0.1) is 12.4 Å². The first kappa shape index (κ1) is 14.1. The van der Waals surface area contributed by atoms with Crippen molar-refractivity contribution in [3.63, 3.8) is 0 Å². The summed E-state index contributed by atoms with van der Waals surface area (Å²) in [5.41, 5.74) is 6.64. The van der Waals surface area contributed by atoms with Crippen LogP contribution in [0.15, 0.2) is 22.7 Å². The molecule has 1 heterocycles. The summed E-state index contributed by atoms with van der Waals surface area (Å²) < 4.78 is 7.05. The molecule has 0 amide bonds.